The van der Waals surface area contributed by atoms with Crippen LogP contribution in [-0.2, 0) is 14.6 Å². The van der Waals surface area contributed by atoms with E-state index in [2.05, 4.69) is 4.98 Å². The number of para-hydroxylation sites is 1. The van der Waals surface area contributed by atoms with Gasteiger partial charge in [-0.2, -0.15) is 0 Å². The Hall–Kier alpha value is -2.26. The lowest BCUT2D eigenvalue weighted by Crippen LogP contribution is -2.35. The molecule has 6 nitrogen and oxygen atoms in total. The van der Waals surface area contributed by atoms with Gasteiger partial charge in [0.15, 0.2) is 15.0 Å². The summed E-state index contributed by atoms with van der Waals surface area (Å²) in [5.41, 5.74) is 1.13. The number of thiazole rings is 1. The molecule has 1 aromatic heterocycles. The van der Waals surface area contributed by atoms with E-state index in [1.807, 2.05) is 37.2 Å². The SMILES string of the molecule is CN(C)CCN(C(=O)/C=C/c1ccccc1Cl)c1nc2c(S(C)(=O)=O)cccc2s1. The van der Waals surface area contributed by atoms with Crippen LogP contribution in [0.2, 0.25) is 5.02 Å². The number of aromatic nitrogens is 1. The number of carbonyl (C=O) groups is 1. The standard InChI is InChI=1S/C21H22ClN3O3S2/c1-24(2)13-14-25(19(26)12-11-15-7-4-5-8-16(15)22)21-23-20-17(29-21)9-6-10-18(20)30(3,27)28/h4-12H,13-14H2,1-3H3/b12-11+. The van der Waals surface area contributed by atoms with Crippen LogP contribution in [0.15, 0.2) is 53.4 Å². The molecule has 0 aliphatic carbocycles. The number of sulfone groups is 1. The minimum absolute atomic E-state index is 0.161. The monoisotopic (exact) mass is 463 g/mol. The molecule has 0 saturated heterocycles. The fourth-order valence-electron chi connectivity index (χ4n) is 2.79. The number of halogens is 1. The molecule has 0 fully saturated rings. The fourth-order valence-corrected chi connectivity index (χ4v) is 4.91. The molecule has 9 heteroatoms. The van der Waals surface area contributed by atoms with Gasteiger partial charge in [0.05, 0.1) is 9.60 Å². The molecular formula is C21H22ClN3O3S2. The topological polar surface area (TPSA) is 70.6 Å². The smallest absolute Gasteiger partial charge is 0.252 e. The summed E-state index contributed by atoms with van der Waals surface area (Å²) >= 11 is 7.46. The number of likely N-dealkylation sites (N-methyl/N-ethyl adjacent to an activating group) is 1. The minimum atomic E-state index is -3.43. The normalized spacial score (nSPS) is 12.2. The summed E-state index contributed by atoms with van der Waals surface area (Å²) < 4.78 is 25.0. The summed E-state index contributed by atoms with van der Waals surface area (Å²) in [7, 11) is 0.403. The molecule has 0 aliphatic rings. The van der Waals surface area contributed by atoms with E-state index >= 15 is 0 Å². The van der Waals surface area contributed by atoms with E-state index < -0.39 is 9.84 Å². The third-order valence-corrected chi connectivity index (χ3v) is 6.86. The van der Waals surface area contributed by atoms with Gasteiger partial charge in [-0.25, -0.2) is 13.4 Å². The maximum absolute atomic E-state index is 13.0. The van der Waals surface area contributed by atoms with Crippen molar-refractivity contribution >= 4 is 60.1 Å². The van der Waals surface area contributed by atoms with Crippen LogP contribution in [-0.4, -0.2) is 57.6 Å². The van der Waals surface area contributed by atoms with Crippen LogP contribution < -0.4 is 4.90 Å². The van der Waals surface area contributed by atoms with Gasteiger partial charge in [0, 0.05) is 30.4 Å². The van der Waals surface area contributed by atoms with E-state index in [1.165, 1.54) is 23.5 Å². The van der Waals surface area contributed by atoms with Gasteiger partial charge in [0.2, 0.25) is 0 Å². The number of amides is 1. The van der Waals surface area contributed by atoms with Crippen molar-refractivity contribution in [3.05, 3.63) is 59.1 Å². The number of fused-ring (bicyclic) bond motifs is 1. The lowest BCUT2D eigenvalue weighted by atomic mass is 10.2. The molecule has 1 heterocycles. The van der Waals surface area contributed by atoms with Crippen molar-refractivity contribution in [2.45, 2.75) is 4.90 Å². The first-order chi connectivity index (χ1) is 14.2. The summed E-state index contributed by atoms with van der Waals surface area (Å²) in [6, 6.07) is 12.3. The fraction of sp³-hybridized carbons (Fsp3) is 0.238. The summed E-state index contributed by atoms with van der Waals surface area (Å²) in [6.07, 6.45) is 4.28. The third kappa shape index (κ3) is 5.26. The van der Waals surface area contributed by atoms with Gasteiger partial charge in [0.25, 0.3) is 5.91 Å². The average molecular weight is 464 g/mol. The Morgan fingerprint density at radius 3 is 2.53 bits per heavy atom. The van der Waals surface area contributed by atoms with Crippen LogP contribution >= 0.6 is 22.9 Å². The predicted molar refractivity (Wildman–Crippen MR) is 124 cm³/mol. The summed E-state index contributed by atoms with van der Waals surface area (Å²) in [4.78, 5) is 21.2. The highest BCUT2D eigenvalue weighted by molar-refractivity contribution is 7.91. The van der Waals surface area contributed by atoms with E-state index in [4.69, 9.17) is 11.6 Å². The summed E-state index contributed by atoms with van der Waals surface area (Å²) in [5.74, 6) is -0.253. The predicted octanol–water partition coefficient (Wildman–Crippen LogP) is 3.96. The zero-order valence-corrected chi connectivity index (χ0v) is 19.3. The molecule has 3 aromatic rings. The Morgan fingerprint density at radius 2 is 1.87 bits per heavy atom. The van der Waals surface area contributed by atoms with Crippen molar-refractivity contribution in [1.29, 1.82) is 0 Å². The van der Waals surface area contributed by atoms with E-state index in [0.29, 0.717) is 33.5 Å². The van der Waals surface area contributed by atoms with Crippen molar-refractivity contribution in [2.24, 2.45) is 0 Å². The van der Waals surface area contributed by atoms with Crippen molar-refractivity contribution < 1.29 is 13.2 Å². The molecule has 158 valence electrons. The number of nitrogens with zero attached hydrogens (tertiary/aromatic N) is 3. The summed E-state index contributed by atoms with van der Waals surface area (Å²) in [5, 5.41) is 1.01. The van der Waals surface area contributed by atoms with Crippen molar-refractivity contribution in [3.63, 3.8) is 0 Å². The Labute approximate surface area is 185 Å². The molecule has 30 heavy (non-hydrogen) atoms. The lowest BCUT2D eigenvalue weighted by Gasteiger charge is -2.20. The molecule has 0 aliphatic heterocycles. The zero-order chi connectivity index (χ0) is 21.9. The van der Waals surface area contributed by atoms with Gasteiger partial charge in [0.1, 0.15) is 5.52 Å². The lowest BCUT2D eigenvalue weighted by molar-refractivity contribution is -0.114. The summed E-state index contributed by atoms with van der Waals surface area (Å²) in [6.45, 7) is 1.03. The van der Waals surface area contributed by atoms with Crippen molar-refractivity contribution in [2.75, 3.05) is 38.3 Å². The molecule has 0 spiro atoms. The first-order valence-corrected chi connectivity index (χ1v) is 12.2. The number of rotatable bonds is 7. The highest BCUT2D eigenvalue weighted by Crippen LogP contribution is 2.32. The molecule has 0 radical (unpaired) electrons. The number of hydrogen-bond acceptors (Lipinski definition) is 6. The van der Waals surface area contributed by atoms with Gasteiger partial charge in [-0.1, -0.05) is 47.2 Å². The Bertz CT molecular complexity index is 1200. The Balaban J connectivity index is 1.99. The molecule has 0 saturated carbocycles. The van der Waals surface area contributed by atoms with Gasteiger partial charge < -0.3 is 4.90 Å². The second-order valence-corrected chi connectivity index (χ2v) is 10.4. The molecule has 1 amide bonds. The number of carbonyl (C=O) groups excluding carboxylic acids is 1. The first-order valence-electron chi connectivity index (χ1n) is 9.15. The van der Waals surface area contributed by atoms with Gasteiger partial charge >= 0.3 is 0 Å². The highest BCUT2D eigenvalue weighted by Gasteiger charge is 2.21. The van der Waals surface area contributed by atoms with Crippen molar-refractivity contribution in [1.82, 2.24) is 9.88 Å². The molecule has 3 rings (SSSR count). The van der Waals surface area contributed by atoms with Crippen molar-refractivity contribution in [3.8, 4) is 0 Å². The molecule has 0 bridgehead atoms. The maximum atomic E-state index is 13.0. The highest BCUT2D eigenvalue weighted by atomic mass is 35.5. The van der Waals surface area contributed by atoms with Crippen LogP contribution in [0.1, 0.15) is 5.56 Å². The Kier molecular flexibility index (Phi) is 6.92. The van der Waals surface area contributed by atoms with E-state index in [9.17, 15) is 13.2 Å². The molecule has 2 aromatic carbocycles. The van der Waals surface area contributed by atoms with Gasteiger partial charge in [-0.05, 0) is 43.9 Å². The number of benzene rings is 2. The first kappa shape index (κ1) is 22.4. The molecule has 0 N–H and O–H groups in total. The second-order valence-electron chi connectivity index (χ2n) is 7.02. The molecule has 0 unspecified atom stereocenters. The van der Waals surface area contributed by atoms with E-state index in [1.54, 1.807) is 29.2 Å². The van der Waals surface area contributed by atoms with Gasteiger partial charge in [-0.3, -0.25) is 9.69 Å². The average Bonchev–Trinajstić information content (AvgIpc) is 3.10. The molecule has 0 atom stereocenters. The number of anilines is 1. The van der Waals surface area contributed by atoms with Crippen LogP contribution in [0.5, 0.6) is 0 Å². The maximum Gasteiger partial charge on any atom is 0.252 e. The second kappa shape index (κ2) is 9.26. The Morgan fingerprint density at radius 1 is 1.13 bits per heavy atom. The van der Waals surface area contributed by atoms with Crippen LogP contribution in [0.25, 0.3) is 16.3 Å². The minimum Gasteiger partial charge on any atom is -0.308 e. The van der Waals surface area contributed by atoms with E-state index in [-0.39, 0.29) is 10.8 Å². The molecular weight excluding hydrogens is 442 g/mol. The van der Waals surface area contributed by atoms with Gasteiger partial charge in [-0.15, -0.1) is 0 Å². The third-order valence-electron chi connectivity index (χ3n) is 4.35. The number of hydrogen-bond donors (Lipinski definition) is 0. The van der Waals surface area contributed by atoms with Crippen LogP contribution in [0.3, 0.4) is 0 Å². The van der Waals surface area contributed by atoms with E-state index in [0.717, 1.165) is 11.8 Å². The van der Waals surface area contributed by atoms with Crippen LogP contribution in [0.4, 0.5) is 5.13 Å². The van der Waals surface area contributed by atoms with Crippen LogP contribution in [0, 0.1) is 0 Å². The quantitative estimate of drug-likeness (QED) is 0.496. The zero-order valence-electron chi connectivity index (χ0n) is 16.9. The largest absolute Gasteiger partial charge is 0.308 e.